The van der Waals surface area contributed by atoms with E-state index >= 15 is 0 Å². The molecule has 0 N–H and O–H groups in total. The fraction of sp³-hybridized carbons (Fsp3) is 0.211. The summed E-state index contributed by atoms with van der Waals surface area (Å²) in [6.07, 6.45) is 3.55. The Balaban J connectivity index is 1.77. The van der Waals surface area contributed by atoms with Gasteiger partial charge in [0.1, 0.15) is 10.6 Å². The van der Waals surface area contributed by atoms with E-state index in [1.165, 1.54) is 11.4 Å². The van der Waals surface area contributed by atoms with E-state index in [1.807, 2.05) is 36.5 Å². The summed E-state index contributed by atoms with van der Waals surface area (Å²) in [5.41, 5.74) is 1.94. The number of methoxy groups -OCH3 is 1. The van der Waals surface area contributed by atoms with Crippen molar-refractivity contribution in [1.82, 2.24) is 14.1 Å². The number of benzene rings is 2. The van der Waals surface area contributed by atoms with Gasteiger partial charge in [-0.1, -0.05) is 46.3 Å². The average Bonchev–Trinajstić information content (AvgIpc) is 3.09. The minimum absolute atomic E-state index is 0.124. The topological polar surface area (TPSA) is 64.4 Å². The average molecular weight is 450 g/mol. The summed E-state index contributed by atoms with van der Waals surface area (Å²) >= 11 is 3.32. The smallest absolute Gasteiger partial charge is 0.246 e. The molecule has 3 rings (SSSR count). The molecule has 0 saturated carbocycles. The van der Waals surface area contributed by atoms with E-state index in [4.69, 9.17) is 4.74 Å². The Labute approximate surface area is 167 Å². The quantitative estimate of drug-likeness (QED) is 0.553. The van der Waals surface area contributed by atoms with Gasteiger partial charge < -0.3 is 4.74 Å². The molecule has 0 bridgehead atoms. The van der Waals surface area contributed by atoms with Crippen LogP contribution in [0.4, 0.5) is 0 Å². The van der Waals surface area contributed by atoms with Crippen molar-refractivity contribution < 1.29 is 13.2 Å². The van der Waals surface area contributed by atoms with Gasteiger partial charge in [0.25, 0.3) is 0 Å². The summed E-state index contributed by atoms with van der Waals surface area (Å²) in [5.74, 6) is 0.310. The molecule has 0 atom stereocenters. The van der Waals surface area contributed by atoms with Crippen LogP contribution in [0, 0.1) is 0 Å². The minimum atomic E-state index is -3.71. The molecular formula is C19H20BrN3O3S. The molecule has 0 radical (unpaired) electrons. The van der Waals surface area contributed by atoms with Gasteiger partial charge in [-0.3, -0.25) is 4.68 Å². The van der Waals surface area contributed by atoms with Gasteiger partial charge in [0.05, 0.1) is 19.9 Å². The highest BCUT2D eigenvalue weighted by Crippen LogP contribution is 2.29. The molecule has 27 heavy (non-hydrogen) atoms. The third-order valence-corrected chi connectivity index (χ3v) is 6.41. The second-order valence-electron chi connectivity index (χ2n) is 6.09. The van der Waals surface area contributed by atoms with Crippen molar-refractivity contribution in [3.8, 4) is 5.75 Å². The Kier molecular flexibility index (Phi) is 5.98. The van der Waals surface area contributed by atoms with E-state index in [0.29, 0.717) is 16.8 Å². The summed E-state index contributed by atoms with van der Waals surface area (Å²) in [6.45, 7) is 0.851. The van der Waals surface area contributed by atoms with Gasteiger partial charge in [0.2, 0.25) is 10.0 Å². The highest BCUT2D eigenvalue weighted by Gasteiger charge is 2.25. The van der Waals surface area contributed by atoms with Crippen molar-refractivity contribution in [3.05, 3.63) is 76.5 Å². The third kappa shape index (κ3) is 4.58. The second kappa shape index (κ2) is 8.24. The van der Waals surface area contributed by atoms with Crippen LogP contribution in [0.25, 0.3) is 0 Å². The molecule has 0 amide bonds. The van der Waals surface area contributed by atoms with Crippen LogP contribution < -0.4 is 4.74 Å². The van der Waals surface area contributed by atoms with Crippen LogP contribution in [0.15, 0.2) is 70.3 Å². The summed E-state index contributed by atoms with van der Waals surface area (Å²) in [4.78, 5) is 0.124. The Hall–Kier alpha value is -2.16. The first kappa shape index (κ1) is 19.6. The largest absolute Gasteiger partial charge is 0.495 e. The van der Waals surface area contributed by atoms with E-state index in [2.05, 4.69) is 21.0 Å². The lowest BCUT2D eigenvalue weighted by atomic mass is 10.2. The maximum absolute atomic E-state index is 13.0. The van der Waals surface area contributed by atoms with Crippen molar-refractivity contribution in [2.45, 2.75) is 18.0 Å². The minimum Gasteiger partial charge on any atom is -0.495 e. The summed E-state index contributed by atoms with van der Waals surface area (Å²) in [6, 6.07) is 14.9. The fourth-order valence-corrected chi connectivity index (χ4v) is 4.56. The number of aromatic nitrogens is 2. The second-order valence-corrected chi connectivity index (χ2v) is 9.02. The SMILES string of the molecule is COc1ccc(Br)cc1S(=O)(=O)N(C)Cc1cnn(Cc2ccccc2)c1. The van der Waals surface area contributed by atoms with Crippen LogP contribution >= 0.6 is 15.9 Å². The fourth-order valence-electron chi connectivity index (χ4n) is 2.71. The predicted molar refractivity (Wildman–Crippen MR) is 107 cm³/mol. The van der Waals surface area contributed by atoms with Crippen molar-refractivity contribution in [3.63, 3.8) is 0 Å². The van der Waals surface area contributed by atoms with Crippen LogP contribution in [0.1, 0.15) is 11.1 Å². The number of nitrogens with zero attached hydrogens (tertiary/aromatic N) is 3. The van der Waals surface area contributed by atoms with Crippen molar-refractivity contribution in [2.75, 3.05) is 14.2 Å². The predicted octanol–water partition coefficient (Wildman–Crippen LogP) is 3.52. The summed E-state index contributed by atoms with van der Waals surface area (Å²) < 4.78 is 34.9. The molecule has 6 nitrogen and oxygen atoms in total. The lowest BCUT2D eigenvalue weighted by molar-refractivity contribution is 0.397. The highest BCUT2D eigenvalue weighted by atomic mass is 79.9. The molecule has 142 valence electrons. The molecule has 1 heterocycles. The van der Waals surface area contributed by atoms with Gasteiger partial charge in [-0.25, -0.2) is 8.42 Å². The zero-order valence-electron chi connectivity index (χ0n) is 15.0. The first-order valence-electron chi connectivity index (χ1n) is 8.25. The molecule has 3 aromatic rings. The maximum atomic E-state index is 13.0. The van der Waals surface area contributed by atoms with Gasteiger partial charge in [-0.2, -0.15) is 9.40 Å². The molecule has 0 aliphatic heterocycles. The number of sulfonamides is 1. The van der Waals surface area contributed by atoms with Gasteiger partial charge >= 0.3 is 0 Å². The van der Waals surface area contributed by atoms with Crippen LogP contribution in [-0.2, 0) is 23.1 Å². The standard InChI is InChI=1S/C19H20BrN3O3S/c1-22(27(24,25)19-10-17(20)8-9-18(19)26-2)12-16-11-21-23(14-16)13-15-6-4-3-5-7-15/h3-11,14H,12-13H2,1-2H3. The van der Waals surface area contributed by atoms with Crippen molar-refractivity contribution in [1.29, 1.82) is 0 Å². The molecular weight excluding hydrogens is 430 g/mol. The van der Waals surface area contributed by atoms with Gasteiger partial charge in [0, 0.05) is 29.8 Å². The van der Waals surface area contributed by atoms with Crippen molar-refractivity contribution in [2.24, 2.45) is 0 Å². The summed E-state index contributed by atoms with van der Waals surface area (Å²) in [5, 5.41) is 4.33. The molecule has 0 unspecified atom stereocenters. The molecule has 0 fully saturated rings. The highest BCUT2D eigenvalue weighted by molar-refractivity contribution is 9.10. The Morgan fingerprint density at radius 3 is 2.59 bits per heavy atom. The number of halogens is 1. The lowest BCUT2D eigenvalue weighted by Gasteiger charge is -2.18. The van der Waals surface area contributed by atoms with Crippen LogP contribution in [0.3, 0.4) is 0 Å². The molecule has 0 aliphatic rings. The molecule has 0 spiro atoms. The first-order valence-corrected chi connectivity index (χ1v) is 10.5. The van der Waals surface area contributed by atoms with Gasteiger partial charge in [-0.05, 0) is 23.8 Å². The van der Waals surface area contributed by atoms with E-state index < -0.39 is 10.0 Å². The van der Waals surface area contributed by atoms with Crippen LogP contribution in [-0.4, -0.2) is 36.7 Å². The van der Waals surface area contributed by atoms with Gasteiger partial charge in [0.15, 0.2) is 0 Å². The molecule has 2 aromatic carbocycles. The van der Waals surface area contributed by atoms with Crippen LogP contribution in [0.2, 0.25) is 0 Å². The van der Waals surface area contributed by atoms with Crippen molar-refractivity contribution >= 4 is 26.0 Å². The number of hydrogen-bond acceptors (Lipinski definition) is 4. The monoisotopic (exact) mass is 449 g/mol. The first-order chi connectivity index (χ1) is 12.9. The molecule has 1 aromatic heterocycles. The zero-order valence-corrected chi connectivity index (χ0v) is 17.4. The zero-order chi connectivity index (χ0) is 19.4. The normalized spacial score (nSPS) is 11.7. The number of hydrogen-bond donors (Lipinski definition) is 0. The Morgan fingerprint density at radius 2 is 1.89 bits per heavy atom. The lowest BCUT2D eigenvalue weighted by Crippen LogP contribution is -2.26. The molecule has 0 saturated heterocycles. The Morgan fingerprint density at radius 1 is 1.15 bits per heavy atom. The van der Waals surface area contributed by atoms with Gasteiger partial charge in [-0.15, -0.1) is 0 Å². The number of ether oxygens (including phenoxy) is 1. The maximum Gasteiger partial charge on any atom is 0.246 e. The van der Waals surface area contributed by atoms with E-state index in [-0.39, 0.29) is 11.4 Å². The van der Waals surface area contributed by atoms with E-state index in [0.717, 1.165) is 11.1 Å². The Bertz CT molecular complexity index is 1020. The molecule has 0 aliphatic carbocycles. The summed E-state index contributed by atoms with van der Waals surface area (Å²) in [7, 11) is -0.711. The van der Waals surface area contributed by atoms with E-state index in [1.54, 1.807) is 36.1 Å². The molecule has 8 heteroatoms. The third-order valence-electron chi connectivity index (χ3n) is 4.09. The van der Waals surface area contributed by atoms with Crippen LogP contribution in [0.5, 0.6) is 5.75 Å². The number of rotatable bonds is 7. The van der Waals surface area contributed by atoms with E-state index in [9.17, 15) is 8.42 Å².